The molecule has 2 aromatic heterocycles. The van der Waals surface area contributed by atoms with Gasteiger partial charge >= 0.3 is 0 Å². The number of hydrogen-bond donors (Lipinski definition) is 1. The Hall–Kier alpha value is -2.47. The molecule has 6 heteroatoms. The summed E-state index contributed by atoms with van der Waals surface area (Å²) in [4.78, 5) is 8.40. The fourth-order valence-electron chi connectivity index (χ4n) is 2.15. The number of nitrogens with zero attached hydrogens (tertiary/aromatic N) is 4. The third-order valence-electron chi connectivity index (χ3n) is 3.39. The number of benzene rings is 1. The minimum Gasteiger partial charge on any atom is -0.337 e. The first-order valence-corrected chi connectivity index (χ1v) is 6.84. The van der Waals surface area contributed by atoms with E-state index in [0.29, 0.717) is 11.7 Å². The zero-order valence-corrected chi connectivity index (χ0v) is 11.8. The van der Waals surface area contributed by atoms with Crippen LogP contribution in [0.2, 0.25) is 0 Å². The van der Waals surface area contributed by atoms with Gasteiger partial charge in [0.2, 0.25) is 11.7 Å². The highest BCUT2D eigenvalue weighted by molar-refractivity contribution is 5.47. The molecule has 21 heavy (non-hydrogen) atoms. The second-order valence-electron chi connectivity index (χ2n) is 4.98. The van der Waals surface area contributed by atoms with Crippen LogP contribution >= 0.6 is 0 Å². The van der Waals surface area contributed by atoms with Crippen molar-refractivity contribution in [2.24, 2.45) is 12.8 Å². The number of aryl methyl sites for hydroxylation is 2. The van der Waals surface area contributed by atoms with E-state index >= 15 is 0 Å². The van der Waals surface area contributed by atoms with Gasteiger partial charge < -0.3 is 14.8 Å². The van der Waals surface area contributed by atoms with Crippen LogP contribution in [0, 0.1) is 0 Å². The van der Waals surface area contributed by atoms with Crippen LogP contribution in [0.1, 0.15) is 23.9 Å². The minimum absolute atomic E-state index is 0.264. The second-order valence-corrected chi connectivity index (χ2v) is 4.98. The van der Waals surface area contributed by atoms with Gasteiger partial charge in [0.1, 0.15) is 5.69 Å². The maximum atomic E-state index is 6.13. The van der Waals surface area contributed by atoms with Crippen LogP contribution in [0.25, 0.3) is 11.5 Å². The summed E-state index contributed by atoms with van der Waals surface area (Å²) in [5.74, 6) is 0.974. The highest BCUT2D eigenvalue weighted by Crippen LogP contribution is 2.19. The molecule has 1 atom stereocenters. The van der Waals surface area contributed by atoms with E-state index in [1.807, 2.05) is 29.8 Å². The molecular formula is C15H17N5O. The van der Waals surface area contributed by atoms with E-state index in [1.54, 1.807) is 12.5 Å². The van der Waals surface area contributed by atoms with Crippen LogP contribution in [0.3, 0.4) is 0 Å². The molecule has 0 radical (unpaired) electrons. The highest BCUT2D eigenvalue weighted by Gasteiger charge is 2.17. The molecule has 2 N–H and O–H groups in total. The molecule has 1 aromatic carbocycles. The molecule has 3 aromatic rings. The number of hydrogen-bond acceptors (Lipinski definition) is 5. The van der Waals surface area contributed by atoms with E-state index in [9.17, 15) is 0 Å². The van der Waals surface area contributed by atoms with Gasteiger partial charge in [-0.2, -0.15) is 4.98 Å². The van der Waals surface area contributed by atoms with Crippen molar-refractivity contribution in [3.63, 3.8) is 0 Å². The molecule has 2 heterocycles. The van der Waals surface area contributed by atoms with Crippen LogP contribution in [0.15, 0.2) is 47.4 Å². The predicted molar refractivity (Wildman–Crippen MR) is 78.2 cm³/mol. The SMILES string of the molecule is Cn1cncc1-c1noc(C(N)CCc2ccccc2)n1. The molecule has 0 bridgehead atoms. The van der Waals surface area contributed by atoms with Gasteiger partial charge in [-0.1, -0.05) is 35.5 Å². The first-order valence-electron chi connectivity index (χ1n) is 6.84. The van der Waals surface area contributed by atoms with Gasteiger partial charge in [0.25, 0.3) is 0 Å². The molecule has 108 valence electrons. The van der Waals surface area contributed by atoms with Gasteiger partial charge in [0.05, 0.1) is 18.6 Å². The average molecular weight is 283 g/mol. The molecule has 0 saturated heterocycles. The number of imidazole rings is 1. The molecule has 0 aliphatic carbocycles. The standard InChI is InChI=1S/C15H17N5O/c1-20-10-17-9-13(20)14-18-15(21-19-14)12(16)8-7-11-5-3-2-4-6-11/h2-6,9-10,12H,7-8,16H2,1H3. The minimum atomic E-state index is -0.264. The maximum Gasteiger partial charge on any atom is 0.243 e. The predicted octanol–water partition coefficient (Wildman–Crippen LogP) is 2.10. The van der Waals surface area contributed by atoms with Crippen LogP contribution in [0.5, 0.6) is 0 Å². The fourth-order valence-corrected chi connectivity index (χ4v) is 2.15. The molecule has 0 fully saturated rings. The molecule has 3 rings (SSSR count). The van der Waals surface area contributed by atoms with Crippen LogP contribution in [-0.2, 0) is 13.5 Å². The normalized spacial score (nSPS) is 12.5. The largest absolute Gasteiger partial charge is 0.337 e. The Labute approximate surface area is 122 Å². The van der Waals surface area contributed by atoms with Crippen molar-refractivity contribution in [2.45, 2.75) is 18.9 Å². The van der Waals surface area contributed by atoms with E-state index in [4.69, 9.17) is 10.3 Å². The Bertz CT molecular complexity index is 704. The van der Waals surface area contributed by atoms with Gasteiger partial charge in [-0.3, -0.25) is 0 Å². The lowest BCUT2D eigenvalue weighted by atomic mass is 10.1. The van der Waals surface area contributed by atoms with Crippen LogP contribution in [-0.4, -0.2) is 19.7 Å². The van der Waals surface area contributed by atoms with Crippen molar-refractivity contribution in [1.29, 1.82) is 0 Å². The molecular weight excluding hydrogens is 266 g/mol. The summed E-state index contributed by atoms with van der Waals surface area (Å²) in [5.41, 5.74) is 8.18. The van der Waals surface area contributed by atoms with Crippen LogP contribution in [0.4, 0.5) is 0 Å². The van der Waals surface area contributed by atoms with Crippen molar-refractivity contribution in [3.05, 3.63) is 54.3 Å². The summed E-state index contributed by atoms with van der Waals surface area (Å²) in [5, 5.41) is 3.97. The third-order valence-corrected chi connectivity index (χ3v) is 3.39. The summed E-state index contributed by atoms with van der Waals surface area (Å²) < 4.78 is 7.10. The Morgan fingerprint density at radius 3 is 2.81 bits per heavy atom. The van der Waals surface area contributed by atoms with Gasteiger partial charge in [0.15, 0.2) is 0 Å². The lowest BCUT2D eigenvalue weighted by Gasteiger charge is -2.06. The molecule has 0 saturated carbocycles. The van der Waals surface area contributed by atoms with Crippen LogP contribution < -0.4 is 5.73 Å². The quantitative estimate of drug-likeness (QED) is 0.775. The van der Waals surface area contributed by atoms with Crippen molar-refractivity contribution < 1.29 is 4.52 Å². The van der Waals surface area contributed by atoms with Gasteiger partial charge in [-0.15, -0.1) is 0 Å². The Kier molecular flexibility index (Phi) is 3.79. The van der Waals surface area contributed by atoms with Gasteiger partial charge in [-0.25, -0.2) is 4.98 Å². The van der Waals surface area contributed by atoms with Crippen molar-refractivity contribution in [3.8, 4) is 11.5 Å². The molecule has 0 aliphatic heterocycles. The number of nitrogens with two attached hydrogens (primary N) is 1. The highest BCUT2D eigenvalue weighted by atomic mass is 16.5. The van der Waals surface area contributed by atoms with Crippen molar-refractivity contribution in [1.82, 2.24) is 19.7 Å². The van der Waals surface area contributed by atoms with Crippen molar-refractivity contribution >= 4 is 0 Å². The number of rotatable bonds is 5. The monoisotopic (exact) mass is 283 g/mol. The Morgan fingerprint density at radius 1 is 1.29 bits per heavy atom. The summed E-state index contributed by atoms with van der Waals surface area (Å²) in [6.07, 6.45) is 5.04. The van der Waals surface area contributed by atoms with E-state index in [2.05, 4.69) is 27.3 Å². The lowest BCUT2D eigenvalue weighted by molar-refractivity contribution is 0.349. The fraction of sp³-hybridized carbons (Fsp3) is 0.267. The Morgan fingerprint density at radius 2 is 2.10 bits per heavy atom. The smallest absolute Gasteiger partial charge is 0.243 e. The summed E-state index contributed by atoms with van der Waals surface area (Å²) in [6, 6.07) is 9.95. The van der Waals surface area contributed by atoms with E-state index in [-0.39, 0.29) is 6.04 Å². The zero-order valence-electron chi connectivity index (χ0n) is 11.8. The lowest BCUT2D eigenvalue weighted by Crippen LogP contribution is -2.11. The molecule has 1 unspecified atom stereocenters. The molecule has 0 amide bonds. The molecule has 0 aliphatic rings. The first kappa shape index (κ1) is 13.5. The van der Waals surface area contributed by atoms with Gasteiger partial charge in [-0.05, 0) is 18.4 Å². The second kappa shape index (κ2) is 5.88. The maximum absolute atomic E-state index is 6.13. The first-order chi connectivity index (χ1) is 10.2. The zero-order chi connectivity index (χ0) is 14.7. The number of aromatic nitrogens is 4. The molecule has 6 nitrogen and oxygen atoms in total. The molecule has 0 spiro atoms. The van der Waals surface area contributed by atoms with Crippen molar-refractivity contribution in [2.75, 3.05) is 0 Å². The van der Waals surface area contributed by atoms with Gasteiger partial charge in [0, 0.05) is 7.05 Å². The third kappa shape index (κ3) is 3.00. The van der Waals surface area contributed by atoms with E-state index < -0.39 is 0 Å². The topological polar surface area (TPSA) is 82.8 Å². The summed E-state index contributed by atoms with van der Waals surface area (Å²) in [6.45, 7) is 0. The van der Waals surface area contributed by atoms with E-state index in [1.165, 1.54) is 5.56 Å². The van der Waals surface area contributed by atoms with E-state index in [0.717, 1.165) is 18.5 Å². The summed E-state index contributed by atoms with van der Waals surface area (Å²) >= 11 is 0. The average Bonchev–Trinajstić information content (AvgIpc) is 3.14. The summed E-state index contributed by atoms with van der Waals surface area (Å²) in [7, 11) is 1.88. The Balaban J connectivity index is 1.67.